The smallest absolute Gasteiger partial charge is 0.320 e. The van der Waals surface area contributed by atoms with Crippen LogP contribution in [0.1, 0.15) is 16.9 Å². The fraction of sp³-hybridized carbons (Fsp3) is 0.357. The molecule has 5 nitrogen and oxygen atoms in total. The Morgan fingerprint density at radius 3 is 3.09 bits per heavy atom. The lowest BCUT2D eigenvalue weighted by Crippen LogP contribution is -2.28. The van der Waals surface area contributed by atoms with Crippen molar-refractivity contribution in [1.82, 2.24) is 9.47 Å². The molecule has 3 heterocycles. The minimum absolute atomic E-state index is 0.106. The predicted molar refractivity (Wildman–Crippen MR) is 83.0 cm³/mol. The van der Waals surface area contributed by atoms with Crippen molar-refractivity contribution in [1.29, 1.82) is 5.26 Å². The van der Waals surface area contributed by atoms with Gasteiger partial charge in [0.2, 0.25) is 0 Å². The molecule has 0 bridgehead atoms. The number of alkyl halides is 1. The van der Waals surface area contributed by atoms with Crippen LogP contribution < -0.4 is 4.80 Å². The lowest BCUT2D eigenvalue weighted by Gasteiger charge is -2.10. The van der Waals surface area contributed by atoms with Crippen LogP contribution in [0.5, 0.6) is 0 Å². The third-order valence-corrected chi connectivity index (χ3v) is 5.16. The standard InChI is InChI=1S/C14H13FN4OS2/c1-9-7-19(12-10(6-16)3-5-21-12)14(22-9)17-13(20)18-4-2-11(15)8-18/h3,5,7,11H,2,4,8H2,1H3/b17-14-/t11-/m1/s1. The van der Waals surface area contributed by atoms with Crippen LogP contribution in [0.15, 0.2) is 22.6 Å². The molecule has 1 fully saturated rings. The van der Waals surface area contributed by atoms with Gasteiger partial charge in [-0.05, 0) is 24.8 Å². The van der Waals surface area contributed by atoms with Crippen molar-refractivity contribution >= 4 is 28.7 Å². The Morgan fingerprint density at radius 2 is 2.41 bits per heavy atom. The minimum atomic E-state index is -0.959. The zero-order chi connectivity index (χ0) is 15.7. The van der Waals surface area contributed by atoms with Gasteiger partial charge in [0.15, 0.2) is 4.80 Å². The van der Waals surface area contributed by atoms with Crippen molar-refractivity contribution in [2.45, 2.75) is 19.5 Å². The number of carbonyl (C=O) groups is 1. The van der Waals surface area contributed by atoms with Crippen molar-refractivity contribution in [3.8, 4) is 11.1 Å². The number of thiazole rings is 1. The maximum Gasteiger partial charge on any atom is 0.346 e. The van der Waals surface area contributed by atoms with Gasteiger partial charge in [-0.25, -0.2) is 9.18 Å². The van der Waals surface area contributed by atoms with Crippen LogP contribution in [0.4, 0.5) is 9.18 Å². The normalized spacial score (nSPS) is 18.7. The number of nitrogens with zero attached hydrogens (tertiary/aromatic N) is 4. The lowest BCUT2D eigenvalue weighted by atomic mass is 10.3. The van der Waals surface area contributed by atoms with Crippen molar-refractivity contribution in [3.63, 3.8) is 0 Å². The van der Waals surface area contributed by atoms with E-state index in [4.69, 9.17) is 5.26 Å². The number of nitriles is 1. The fourth-order valence-electron chi connectivity index (χ4n) is 2.30. The molecular weight excluding hydrogens is 323 g/mol. The molecule has 2 aromatic heterocycles. The molecule has 0 spiro atoms. The van der Waals surface area contributed by atoms with Gasteiger partial charge in [-0.3, -0.25) is 4.57 Å². The molecule has 1 aliphatic rings. The number of halogens is 1. The maximum atomic E-state index is 13.2. The third kappa shape index (κ3) is 2.82. The van der Waals surface area contributed by atoms with Crippen LogP contribution in [0.25, 0.3) is 5.00 Å². The number of thiophene rings is 1. The molecule has 2 aromatic rings. The largest absolute Gasteiger partial charge is 0.346 e. The summed E-state index contributed by atoms with van der Waals surface area (Å²) in [6, 6.07) is 3.44. The van der Waals surface area contributed by atoms with Crippen LogP contribution in [0.2, 0.25) is 0 Å². The Kier molecular flexibility index (Phi) is 4.09. The molecule has 0 radical (unpaired) electrons. The minimum Gasteiger partial charge on any atom is -0.320 e. The highest BCUT2D eigenvalue weighted by Gasteiger charge is 2.25. The van der Waals surface area contributed by atoms with Gasteiger partial charge in [0.1, 0.15) is 17.2 Å². The van der Waals surface area contributed by atoms with Crippen LogP contribution >= 0.6 is 22.7 Å². The van der Waals surface area contributed by atoms with E-state index in [1.165, 1.54) is 27.6 Å². The quantitative estimate of drug-likeness (QED) is 0.804. The Bertz CT molecular complexity index is 813. The summed E-state index contributed by atoms with van der Waals surface area (Å²) in [7, 11) is 0. The number of hydrogen-bond donors (Lipinski definition) is 0. The molecule has 114 valence electrons. The number of carbonyl (C=O) groups excluding carboxylic acids is 1. The molecular formula is C14H13FN4OS2. The van der Waals surface area contributed by atoms with E-state index < -0.39 is 12.2 Å². The second-order valence-electron chi connectivity index (χ2n) is 4.97. The molecule has 8 heteroatoms. The zero-order valence-corrected chi connectivity index (χ0v) is 13.5. The first-order chi connectivity index (χ1) is 10.6. The Labute approximate surface area is 134 Å². The molecule has 1 atom stereocenters. The summed E-state index contributed by atoms with van der Waals surface area (Å²) in [5.41, 5.74) is 0.543. The van der Waals surface area contributed by atoms with E-state index in [2.05, 4.69) is 11.1 Å². The monoisotopic (exact) mass is 336 g/mol. The van der Waals surface area contributed by atoms with E-state index in [-0.39, 0.29) is 6.54 Å². The van der Waals surface area contributed by atoms with Crippen molar-refractivity contribution in [3.05, 3.63) is 32.9 Å². The van der Waals surface area contributed by atoms with Crippen LogP contribution in [0.3, 0.4) is 0 Å². The number of urea groups is 1. The molecule has 2 amide bonds. The summed E-state index contributed by atoms with van der Waals surface area (Å²) >= 11 is 2.79. The molecule has 0 unspecified atom stereocenters. The second-order valence-corrected chi connectivity index (χ2v) is 7.08. The third-order valence-electron chi connectivity index (χ3n) is 3.35. The van der Waals surface area contributed by atoms with E-state index in [0.29, 0.717) is 23.3 Å². The molecule has 0 saturated carbocycles. The van der Waals surface area contributed by atoms with Gasteiger partial charge < -0.3 is 4.90 Å². The predicted octanol–water partition coefficient (Wildman–Crippen LogP) is 2.84. The Hall–Kier alpha value is -1.98. The topological polar surface area (TPSA) is 61.4 Å². The van der Waals surface area contributed by atoms with Gasteiger partial charge in [-0.2, -0.15) is 10.3 Å². The van der Waals surface area contributed by atoms with Crippen LogP contribution in [0, 0.1) is 18.3 Å². The summed E-state index contributed by atoms with van der Waals surface area (Å²) < 4.78 is 15.0. The highest BCUT2D eigenvalue weighted by Crippen LogP contribution is 2.21. The molecule has 0 N–H and O–H groups in total. The van der Waals surface area contributed by atoms with E-state index in [9.17, 15) is 9.18 Å². The second kappa shape index (κ2) is 6.02. The molecule has 3 rings (SSSR count). The maximum absolute atomic E-state index is 13.2. The zero-order valence-electron chi connectivity index (χ0n) is 11.8. The number of aromatic nitrogens is 1. The Balaban J connectivity index is 2.00. The molecule has 1 aliphatic heterocycles. The number of amides is 2. The number of hydrogen-bond acceptors (Lipinski definition) is 4. The lowest BCUT2D eigenvalue weighted by molar-refractivity contribution is 0.213. The average molecular weight is 336 g/mol. The summed E-state index contributed by atoms with van der Waals surface area (Å²) in [5, 5.41) is 11.7. The fourth-order valence-corrected chi connectivity index (χ4v) is 3.99. The average Bonchev–Trinajstić information content (AvgIpc) is 3.18. The highest BCUT2D eigenvalue weighted by molar-refractivity contribution is 7.13. The number of rotatable bonds is 1. The van der Waals surface area contributed by atoms with Gasteiger partial charge in [-0.15, -0.1) is 22.7 Å². The first-order valence-electron chi connectivity index (χ1n) is 6.73. The highest BCUT2D eigenvalue weighted by atomic mass is 32.1. The van der Waals surface area contributed by atoms with Gasteiger partial charge in [-0.1, -0.05) is 0 Å². The SMILES string of the molecule is Cc1cn(-c2sccc2C#N)/c(=N/C(=O)N2CC[C@@H](F)C2)s1. The van der Waals surface area contributed by atoms with E-state index in [1.807, 2.05) is 18.5 Å². The summed E-state index contributed by atoms with van der Waals surface area (Å²) in [4.78, 5) is 19.2. The van der Waals surface area contributed by atoms with E-state index in [0.717, 1.165) is 9.88 Å². The van der Waals surface area contributed by atoms with Crippen molar-refractivity contribution in [2.24, 2.45) is 4.99 Å². The van der Waals surface area contributed by atoms with E-state index >= 15 is 0 Å². The van der Waals surface area contributed by atoms with Gasteiger partial charge in [0.25, 0.3) is 0 Å². The molecule has 0 aliphatic carbocycles. The van der Waals surface area contributed by atoms with Crippen molar-refractivity contribution < 1.29 is 9.18 Å². The molecule has 0 aromatic carbocycles. The molecule has 22 heavy (non-hydrogen) atoms. The number of aryl methyl sites for hydroxylation is 1. The summed E-state index contributed by atoms with van der Waals surface area (Å²) in [5.74, 6) is 0. The van der Waals surface area contributed by atoms with Crippen LogP contribution in [-0.2, 0) is 0 Å². The number of likely N-dealkylation sites (tertiary alicyclic amines) is 1. The first kappa shape index (κ1) is 14.9. The van der Waals surface area contributed by atoms with Crippen molar-refractivity contribution in [2.75, 3.05) is 13.1 Å². The molecule has 1 saturated heterocycles. The first-order valence-corrected chi connectivity index (χ1v) is 8.43. The van der Waals surface area contributed by atoms with Gasteiger partial charge in [0, 0.05) is 17.6 Å². The summed E-state index contributed by atoms with van der Waals surface area (Å²) in [6.07, 6.45) is 1.26. The van der Waals surface area contributed by atoms with Crippen LogP contribution in [-0.4, -0.2) is 34.8 Å². The van der Waals surface area contributed by atoms with Gasteiger partial charge >= 0.3 is 6.03 Å². The van der Waals surface area contributed by atoms with Gasteiger partial charge in [0.05, 0.1) is 12.1 Å². The Morgan fingerprint density at radius 1 is 1.59 bits per heavy atom. The van der Waals surface area contributed by atoms with E-state index in [1.54, 1.807) is 10.6 Å². The summed E-state index contributed by atoms with van der Waals surface area (Å²) in [6.45, 7) is 2.42.